The number of alkyl halides is 3. The predicted molar refractivity (Wildman–Crippen MR) is 93.0 cm³/mol. The molecule has 1 amide bonds. The van der Waals surface area contributed by atoms with Gasteiger partial charge in [0.2, 0.25) is 0 Å². The van der Waals surface area contributed by atoms with Gasteiger partial charge in [0.25, 0.3) is 5.91 Å². The van der Waals surface area contributed by atoms with Crippen molar-refractivity contribution in [2.24, 2.45) is 0 Å². The third kappa shape index (κ3) is 3.13. The van der Waals surface area contributed by atoms with Crippen LogP contribution in [0.15, 0.2) is 22.7 Å². The molecule has 4 rings (SSSR count). The molecule has 6 nitrogen and oxygen atoms in total. The maximum Gasteiger partial charge on any atom is 0.416 e. The van der Waals surface area contributed by atoms with Gasteiger partial charge in [-0.3, -0.25) is 9.69 Å². The molecule has 3 heterocycles. The van der Waals surface area contributed by atoms with Crippen LogP contribution in [0.2, 0.25) is 0 Å². The van der Waals surface area contributed by atoms with Gasteiger partial charge < -0.3 is 14.2 Å². The quantitative estimate of drug-likeness (QED) is 0.783. The van der Waals surface area contributed by atoms with E-state index in [9.17, 15) is 18.0 Å². The Morgan fingerprint density at radius 1 is 1.25 bits per heavy atom. The van der Waals surface area contributed by atoms with E-state index in [-0.39, 0.29) is 23.5 Å². The molecule has 9 heteroatoms. The molecule has 2 aliphatic heterocycles. The number of halogens is 3. The van der Waals surface area contributed by atoms with E-state index in [2.05, 4.69) is 10.1 Å². The highest BCUT2D eigenvalue weighted by atomic mass is 19.4. The van der Waals surface area contributed by atoms with Crippen molar-refractivity contribution < 1.29 is 27.2 Å². The van der Waals surface area contributed by atoms with E-state index in [0.29, 0.717) is 19.6 Å². The van der Waals surface area contributed by atoms with Gasteiger partial charge >= 0.3 is 6.18 Å². The number of benzene rings is 1. The molecule has 2 aromatic rings. The Hall–Kier alpha value is -2.55. The second-order valence-corrected chi connectivity index (χ2v) is 7.35. The molecule has 0 bridgehead atoms. The first-order chi connectivity index (χ1) is 13.1. The lowest BCUT2D eigenvalue weighted by Gasteiger charge is -2.25. The molecule has 2 unspecified atom stereocenters. The largest absolute Gasteiger partial charge is 0.486 e. The molecular formula is C19H20F3N3O3. The number of hydrogen-bond acceptors (Lipinski definition) is 5. The van der Waals surface area contributed by atoms with Crippen molar-refractivity contribution in [2.75, 3.05) is 20.1 Å². The molecule has 1 aromatic carbocycles. The Bertz CT molecular complexity index is 905. The fraction of sp³-hybridized carbons (Fsp3) is 0.474. The minimum Gasteiger partial charge on any atom is -0.486 e. The van der Waals surface area contributed by atoms with Gasteiger partial charge in [-0.25, -0.2) is 0 Å². The van der Waals surface area contributed by atoms with E-state index in [1.54, 1.807) is 7.05 Å². The van der Waals surface area contributed by atoms with E-state index >= 15 is 0 Å². The van der Waals surface area contributed by atoms with Crippen LogP contribution in [-0.4, -0.2) is 53.1 Å². The van der Waals surface area contributed by atoms with Gasteiger partial charge in [0, 0.05) is 32.2 Å². The maximum absolute atomic E-state index is 13.0. The number of aromatic nitrogens is 1. The Labute approximate surface area is 159 Å². The fourth-order valence-electron chi connectivity index (χ4n) is 3.88. The normalized spacial score (nSPS) is 22.6. The molecule has 0 spiro atoms. The monoisotopic (exact) mass is 395 g/mol. The van der Waals surface area contributed by atoms with Gasteiger partial charge in [0.05, 0.1) is 22.9 Å². The van der Waals surface area contributed by atoms with Crippen LogP contribution < -0.4 is 4.74 Å². The smallest absolute Gasteiger partial charge is 0.416 e. The summed E-state index contributed by atoms with van der Waals surface area (Å²) in [6.45, 7) is 5.44. The van der Waals surface area contributed by atoms with Gasteiger partial charge in [0.15, 0.2) is 0 Å². The van der Waals surface area contributed by atoms with Gasteiger partial charge in [-0.15, -0.1) is 0 Å². The van der Waals surface area contributed by atoms with E-state index in [1.807, 2.05) is 13.8 Å². The third-order valence-electron chi connectivity index (χ3n) is 5.51. The zero-order chi connectivity index (χ0) is 20.2. The van der Waals surface area contributed by atoms with Crippen molar-refractivity contribution in [1.29, 1.82) is 0 Å². The number of hydrogen-bond donors (Lipinski definition) is 0. The van der Waals surface area contributed by atoms with Crippen LogP contribution in [0.4, 0.5) is 13.2 Å². The summed E-state index contributed by atoms with van der Waals surface area (Å²) in [6.07, 6.45) is -4.84. The van der Waals surface area contributed by atoms with Gasteiger partial charge in [-0.2, -0.15) is 13.2 Å². The van der Waals surface area contributed by atoms with Crippen molar-refractivity contribution >= 4 is 5.91 Å². The van der Waals surface area contributed by atoms with Crippen molar-refractivity contribution in [3.8, 4) is 5.75 Å². The van der Waals surface area contributed by atoms with E-state index in [4.69, 9.17) is 9.26 Å². The predicted octanol–water partition coefficient (Wildman–Crippen LogP) is 3.03. The summed E-state index contributed by atoms with van der Waals surface area (Å²) in [5.74, 6) is 0.476. The van der Waals surface area contributed by atoms with Crippen LogP contribution in [0.5, 0.6) is 5.75 Å². The van der Waals surface area contributed by atoms with Gasteiger partial charge in [-0.1, -0.05) is 5.16 Å². The number of fused-ring (bicyclic) bond motifs is 2. The lowest BCUT2D eigenvalue weighted by molar-refractivity contribution is -0.137. The standard InChI is InChI=1S/C19H20F3N3O3/c1-10-14(11(2)28-23-10)7-25-8-15-17(9-25)27-16-5-4-12(19(20,21)22)6-13(16)18(26)24(15)3/h4-6,15,17H,7-9H2,1-3H3. The highest BCUT2D eigenvalue weighted by Gasteiger charge is 2.43. The third-order valence-corrected chi connectivity index (χ3v) is 5.51. The number of amides is 1. The van der Waals surface area contributed by atoms with Gasteiger partial charge in [-0.05, 0) is 32.0 Å². The highest BCUT2D eigenvalue weighted by Crippen LogP contribution is 2.36. The molecule has 1 saturated heterocycles. The Balaban J connectivity index is 1.60. The SMILES string of the molecule is Cc1noc(C)c1CN1CC2Oc3ccc(C(F)(F)F)cc3C(=O)N(C)C2C1. The zero-order valence-corrected chi connectivity index (χ0v) is 15.7. The van der Waals surface area contributed by atoms with Crippen LogP contribution in [0, 0.1) is 13.8 Å². The molecule has 0 radical (unpaired) electrons. The molecule has 0 aliphatic carbocycles. The highest BCUT2D eigenvalue weighted by molar-refractivity contribution is 5.97. The molecule has 2 aliphatic rings. The lowest BCUT2D eigenvalue weighted by Crippen LogP contribution is -2.44. The average molecular weight is 395 g/mol. The topological polar surface area (TPSA) is 58.8 Å². The number of ether oxygens (including phenoxy) is 1. The lowest BCUT2D eigenvalue weighted by atomic mass is 10.1. The molecule has 0 saturated carbocycles. The summed E-state index contributed by atoms with van der Waals surface area (Å²) in [5, 5.41) is 3.96. The second kappa shape index (κ2) is 6.51. The first kappa shape index (κ1) is 18.8. The van der Waals surface area contributed by atoms with Crippen LogP contribution in [-0.2, 0) is 12.7 Å². The maximum atomic E-state index is 13.0. The van der Waals surface area contributed by atoms with Crippen molar-refractivity contribution in [1.82, 2.24) is 15.0 Å². The molecule has 2 atom stereocenters. The van der Waals surface area contributed by atoms with Crippen molar-refractivity contribution in [3.63, 3.8) is 0 Å². The van der Waals surface area contributed by atoms with Crippen LogP contribution >= 0.6 is 0 Å². The van der Waals surface area contributed by atoms with Crippen molar-refractivity contribution in [2.45, 2.75) is 38.7 Å². The molecule has 1 fully saturated rings. The van der Waals surface area contributed by atoms with Crippen molar-refractivity contribution in [3.05, 3.63) is 46.3 Å². The molecule has 28 heavy (non-hydrogen) atoms. The Morgan fingerprint density at radius 2 is 2.00 bits per heavy atom. The molecule has 150 valence electrons. The minimum atomic E-state index is -4.51. The summed E-state index contributed by atoms with van der Waals surface area (Å²) in [4.78, 5) is 16.5. The molecule has 1 aromatic heterocycles. The fourth-order valence-corrected chi connectivity index (χ4v) is 3.88. The average Bonchev–Trinajstić information content (AvgIpc) is 3.15. The van der Waals surface area contributed by atoms with E-state index in [1.165, 1.54) is 11.0 Å². The second-order valence-electron chi connectivity index (χ2n) is 7.35. The summed E-state index contributed by atoms with van der Waals surface area (Å²) in [6, 6.07) is 2.80. The number of nitrogens with zero attached hydrogens (tertiary/aromatic N) is 3. The molecular weight excluding hydrogens is 375 g/mol. The Morgan fingerprint density at radius 3 is 2.64 bits per heavy atom. The first-order valence-electron chi connectivity index (χ1n) is 8.94. The Kier molecular flexibility index (Phi) is 4.37. The van der Waals surface area contributed by atoms with E-state index in [0.717, 1.165) is 29.2 Å². The summed E-state index contributed by atoms with van der Waals surface area (Å²) >= 11 is 0. The van der Waals surface area contributed by atoms with E-state index < -0.39 is 17.6 Å². The number of likely N-dealkylation sites (N-methyl/N-ethyl adjacent to an activating group) is 1. The van der Waals surface area contributed by atoms with Crippen LogP contribution in [0.25, 0.3) is 0 Å². The van der Waals surface area contributed by atoms with Crippen LogP contribution in [0.3, 0.4) is 0 Å². The van der Waals surface area contributed by atoms with Crippen LogP contribution in [0.1, 0.15) is 32.9 Å². The summed E-state index contributed by atoms with van der Waals surface area (Å²) in [7, 11) is 1.61. The number of likely N-dealkylation sites (tertiary alicyclic amines) is 1. The summed E-state index contributed by atoms with van der Waals surface area (Å²) < 4.78 is 50.3. The number of aryl methyl sites for hydroxylation is 2. The number of carbonyl (C=O) groups is 1. The van der Waals surface area contributed by atoms with Gasteiger partial charge in [0.1, 0.15) is 17.6 Å². The molecule has 0 N–H and O–H groups in total. The number of rotatable bonds is 2. The minimum absolute atomic E-state index is 0.0519. The number of carbonyl (C=O) groups excluding carboxylic acids is 1. The zero-order valence-electron chi connectivity index (χ0n) is 15.7. The summed E-state index contributed by atoms with van der Waals surface area (Å²) in [5.41, 5.74) is 0.910. The first-order valence-corrected chi connectivity index (χ1v) is 8.94.